The van der Waals surface area contributed by atoms with E-state index in [4.69, 9.17) is 0 Å². The number of thioether (sulfide) groups is 1. The zero-order valence-corrected chi connectivity index (χ0v) is 18.4. The monoisotopic (exact) mass is 499 g/mol. The van der Waals surface area contributed by atoms with Crippen molar-refractivity contribution in [2.75, 3.05) is 5.32 Å². The van der Waals surface area contributed by atoms with Crippen molar-refractivity contribution in [1.82, 2.24) is 10.2 Å². The van der Waals surface area contributed by atoms with Crippen molar-refractivity contribution in [2.45, 2.75) is 10.6 Å². The summed E-state index contributed by atoms with van der Waals surface area (Å²) in [5.41, 5.74) is 1.95. The molecule has 4 rings (SSSR count). The first-order chi connectivity index (χ1) is 15.0. The Morgan fingerprint density at radius 2 is 1.81 bits per heavy atom. The molecule has 0 radical (unpaired) electrons. The van der Waals surface area contributed by atoms with Gasteiger partial charge in [0.25, 0.3) is 5.91 Å². The van der Waals surface area contributed by atoms with E-state index in [0.717, 1.165) is 21.0 Å². The Morgan fingerprint density at radius 1 is 1.03 bits per heavy atom. The first-order valence-electron chi connectivity index (χ1n) is 9.28. The SMILES string of the molecule is O=C(Nc1cc(-c2cccc(F)c2F)[nH]n1)c1ccccc1SCc1ccc(Br)cc1. The Balaban J connectivity index is 1.49. The number of amides is 1. The second-order valence-electron chi connectivity index (χ2n) is 6.63. The summed E-state index contributed by atoms with van der Waals surface area (Å²) in [6, 6.07) is 20.6. The lowest BCUT2D eigenvalue weighted by molar-refractivity contribution is 0.102. The van der Waals surface area contributed by atoms with Crippen LogP contribution in [-0.2, 0) is 5.75 Å². The third-order valence-corrected chi connectivity index (χ3v) is 6.17. The van der Waals surface area contributed by atoms with E-state index in [1.807, 2.05) is 36.4 Å². The van der Waals surface area contributed by atoms with Crippen molar-refractivity contribution >= 4 is 39.4 Å². The van der Waals surface area contributed by atoms with Gasteiger partial charge in [0.15, 0.2) is 17.5 Å². The highest BCUT2D eigenvalue weighted by molar-refractivity contribution is 9.10. The summed E-state index contributed by atoms with van der Waals surface area (Å²) in [5, 5.41) is 9.35. The third kappa shape index (κ3) is 5.03. The highest BCUT2D eigenvalue weighted by Gasteiger charge is 2.16. The molecule has 0 aliphatic heterocycles. The van der Waals surface area contributed by atoms with Crippen LogP contribution in [0, 0.1) is 11.6 Å². The molecule has 8 heteroatoms. The predicted molar refractivity (Wildman–Crippen MR) is 122 cm³/mol. The fourth-order valence-corrected chi connectivity index (χ4v) is 4.21. The van der Waals surface area contributed by atoms with Crippen molar-refractivity contribution in [3.8, 4) is 11.3 Å². The van der Waals surface area contributed by atoms with Gasteiger partial charge in [-0.05, 0) is 42.0 Å². The van der Waals surface area contributed by atoms with Crippen LogP contribution >= 0.6 is 27.7 Å². The summed E-state index contributed by atoms with van der Waals surface area (Å²) >= 11 is 4.98. The molecule has 1 amide bonds. The van der Waals surface area contributed by atoms with E-state index in [2.05, 4.69) is 31.4 Å². The Kier molecular flexibility index (Phi) is 6.48. The summed E-state index contributed by atoms with van der Waals surface area (Å²) in [7, 11) is 0. The van der Waals surface area contributed by atoms with E-state index >= 15 is 0 Å². The molecule has 0 bridgehead atoms. The highest BCUT2D eigenvalue weighted by atomic mass is 79.9. The van der Waals surface area contributed by atoms with Crippen LogP contribution in [0.25, 0.3) is 11.3 Å². The average molecular weight is 500 g/mol. The maximum Gasteiger partial charge on any atom is 0.257 e. The van der Waals surface area contributed by atoms with Crippen LogP contribution in [0.1, 0.15) is 15.9 Å². The number of hydrogen-bond donors (Lipinski definition) is 2. The van der Waals surface area contributed by atoms with Gasteiger partial charge in [0.05, 0.1) is 11.3 Å². The number of carbonyl (C=O) groups is 1. The molecule has 4 nitrogen and oxygen atoms in total. The van der Waals surface area contributed by atoms with Crippen LogP contribution in [-0.4, -0.2) is 16.1 Å². The van der Waals surface area contributed by atoms with E-state index in [1.165, 1.54) is 18.2 Å². The number of H-pyrrole nitrogens is 1. The summed E-state index contributed by atoms with van der Waals surface area (Å²) in [6.45, 7) is 0. The molecule has 0 unspecified atom stereocenters. The number of aromatic nitrogens is 2. The van der Waals surface area contributed by atoms with Gasteiger partial charge in [0, 0.05) is 26.8 Å². The van der Waals surface area contributed by atoms with Gasteiger partial charge in [-0.2, -0.15) is 5.10 Å². The zero-order chi connectivity index (χ0) is 21.8. The summed E-state index contributed by atoms with van der Waals surface area (Å²) in [5.74, 6) is -1.33. The minimum absolute atomic E-state index is 0.0402. The number of rotatable bonds is 6. The summed E-state index contributed by atoms with van der Waals surface area (Å²) in [4.78, 5) is 13.7. The van der Waals surface area contributed by atoms with Gasteiger partial charge in [0.2, 0.25) is 0 Å². The second kappa shape index (κ2) is 9.45. The Labute approximate surface area is 190 Å². The number of benzene rings is 3. The molecule has 1 heterocycles. The van der Waals surface area contributed by atoms with Crippen LogP contribution in [0.4, 0.5) is 14.6 Å². The molecule has 2 N–H and O–H groups in total. The summed E-state index contributed by atoms with van der Waals surface area (Å²) in [6.07, 6.45) is 0. The molecular formula is C23H16BrF2N3OS. The molecule has 3 aromatic carbocycles. The summed E-state index contributed by atoms with van der Waals surface area (Å²) < 4.78 is 28.5. The molecule has 0 spiro atoms. The van der Waals surface area contributed by atoms with Crippen molar-refractivity contribution < 1.29 is 13.6 Å². The maximum atomic E-state index is 14.0. The first kappa shape index (κ1) is 21.3. The number of halogens is 3. The van der Waals surface area contributed by atoms with Gasteiger partial charge in [-0.1, -0.05) is 46.3 Å². The number of hydrogen-bond acceptors (Lipinski definition) is 3. The molecule has 31 heavy (non-hydrogen) atoms. The van der Waals surface area contributed by atoms with Crippen molar-refractivity contribution in [3.05, 3.63) is 100 Å². The smallest absolute Gasteiger partial charge is 0.257 e. The quantitative estimate of drug-likeness (QED) is 0.291. The topological polar surface area (TPSA) is 57.8 Å². The van der Waals surface area contributed by atoms with E-state index in [0.29, 0.717) is 11.3 Å². The van der Waals surface area contributed by atoms with Gasteiger partial charge in [-0.3, -0.25) is 9.89 Å². The van der Waals surface area contributed by atoms with Crippen LogP contribution in [0.2, 0.25) is 0 Å². The minimum atomic E-state index is -0.973. The maximum absolute atomic E-state index is 14.0. The Morgan fingerprint density at radius 3 is 2.61 bits per heavy atom. The molecule has 0 aliphatic rings. The number of anilines is 1. The lowest BCUT2D eigenvalue weighted by atomic mass is 10.1. The van der Waals surface area contributed by atoms with Gasteiger partial charge in [0.1, 0.15) is 0 Å². The minimum Gasteiger partial charge on any atom is -0.305 e. The van der Waals surface area contributed by atoms with Crippen LogP contribution in [0.3, 0.4) is 0 Å². The number of nitrogens with zero attached hydrogens (tertiary/aromatic N) is 1. The molecule has 0 atom stereocenters. The van der Waals surface area contributed by atoms with E-state index < -0.39 is 11.6 Å². The number of aromatic amines is 1. The molecule has 0 saturated heterocycles. The third-order valence-electron chi connectivity index (χ3n) is 4.50. The molecular weight excluding hydrogens is 484 g/mol. The van der Waals surface area contributed by atoms with Crippen molar-refractivity contribution in [2.24, 2.45) is 0 Å². The lowest BCUT2D eigenvalue weighted by Gasteiger charge is -2.09. The molecule has 0 fully saturated rings. The van der Waals surface area contributed by atoms with E-state index in [-0.39, 0.29) is 23.0 Å². The first-order valence-corrected chi connectivity index (χ1v) is 11.1. The molecule has 0 aliphatic carbocycles. The number of carbonyl (C=O) groups excluding carboxylic acids is 1. The normalized spacial score (nSPS) is 10.8. The zero-order valence-electron chi connectivity index (χ0n) is 16.0. The molecule has 0 saturated carbocycles. The van der Waals surface area contributed by atoms with Gasteiger partial charge in [-0.15, -0.1) is 11.8 Å². The Bertz CT molecular complexity index is 1230. The fraction of sp³-hybridized carbons (Fsp3) is 0.0435. The van der Waals surface area contributed by atoms with E-state index in [1.54, 1.807) is 23.9 Å². The van der Waals surface area contributed by atoms with Gasteiger partial charge >= 0.3 is 0 Å². The van der Waals surface area contributed by atoms with Crippen LogP contribution in [0.5, 0.6) is 0 Å². The fourth-order valence-electron chi connectivity index (χ4n) is 2.94. The number of nitrogens with one attached hydrogen (secondary N) is 2. The van der Waals surface area contributed by atoms with Crippen LogP contribution < -0.4 is 5.32 Å². The molecule has 4 aromatic rings. The molecule has 1 aromatic heterocycles. The van der Waals surface area contributed by atoms with Crippen molar-refractivity contribution in [3.63, 3.8) is 0 Å². The van der Waals surface area contributed by atoms with Crippen LogP contribution in [0.15, 0.2) is 82.2 Å². The largest absolute Gasteiger partial charge is 0.305 e. The lowest BCUT2D eigenvalue weighted by Crippen LogP contribution is -2.13. The standard InChI is InChI=1S/C23H16BrF2N3OS/c24-15-10-8-14(9-11-15)13-31-20-7-2-1-4-17(20)23(30)27-21-12-19(28-29-21)16-5-3-6-18(25)22(16)26/h1-12H,13H2,(H2,27,28,29,30). The molecule has 156 valence electrons. The van der Waals surface area contributed by atoms with Gasteiger partial charge < -0.3 is 5.32 Å². The van der Waals surface area contributed by atoms with Crippen molar-refractivity contribution in [1.29, 1.82) is 0 Å². The Hall–Kier alpha value is -2.97. The second-order valence-corrected chi connectivity index (χ2v) is 8.57. The van der Waals surface area contributed by atoms with Gasteiger partial charge in [-0.25, -0.2) is 8.78 Å². The predicted octanol–water partition coefficient (Wildman–Crippen LogP) is 6.66. The average Bonchev–Trinajstić information content (AvgIpc) is 3.23. The highest BCUT2D eigenvalue weighted by Crippen LogP contribution is 2.28. The van der Waals surface area contributed by atoms with E-state index in [9.17, 15) is 13.6 Å².